The van der Waals surface area contributed by atoms with Crippen molar-refractivity contribution in [2.24, 2.45) is 5.73 Å². The SMILES string of the molecule is CCC(OPC)[C@@H](N)CC(=O)NS(C)(=O)=O. The maximum Gasteiger partial charge on any atom is 0.235 e. The maximum atomic E-state index is 11.3. The second-order valence-electron chi connectivity index (χ2n) is 3.43. The van der Waals surface area contributed by atoms with Crippen molar-refractivity contribution in [2.45, 2.75) is 31.9 Å². The van der Waals surface area contributed by atoms with Crippen molar-refractivity contribution in [2.75, 3.05) is 12.9 Å². The third kappa shape index (κ3) is 7.11. The molecule has 3 atom stereocenters. The van der Waals surface area contributed by atoms with Crippen LogP contribution in [0, 0.1) is 0 Å². The van der Waals surface area contributed by atoms with E-state index in [-0.39, 0.29) is 12.5 Å². The highest BCUT2D eigenvalue weighted by Gasteiger charge is 2.20. The minimum atomic E-state index is -3.51. The number of rotatable bonds is 7. The van der Waals surface area contributed by atoms with E-state index in [1.807, 2.05) is 18.3 Å². The summed E-state index contributed by atoms with van der Waals surface area (Å²) in [5.74, 6) is -0.600. The van der Waals surface area contributed by atoms with E-state index in [1.54, 1.807) is 0 Å². The summed E-state index contributed by atoms with van der Waals surface area (Å²) < 4.78 is 28.8. The highest BCUT2D eigenvalue weighted by Crippen LogP contribution is 2.16. The van der Waals surface area contributed by atoms with Crippen LogP contribution in [0.2, 0.25) is 0 Å². The van der Waals surface area contributed by atoms with Crippen molar-refractivity contribution < 1.29 is 17.7 Å². The molecule has 0 saturated heterocycles. The van der Waals surface area contributed by atoms with Crippen molar-refractivity contribution in [1.82, 2.24) is 4.72 Å². The van der Waals surface area contributed by atoms with Gasteiger partial charge < -0.3 is 10.3 Å². The molecule has 0 rings (SSSR count). The minimum Gasteiger partial charge on any atom is -0.358 e. The Balaban J connectivity index is 4.21. The summed E-state index contributed by atoms with van der Waals surface area (Å²) in [5, 5.41) is 0. The number of nitrogens with two attached hydrogens (primary N) is 1. The zero-order valence-electron chi connectivity index (χ0n) is 9.69. The lowest BCUT2D eigenvalue weighted by Gasteiger charge is -2.21. The molecule has 0 aliphatic rings. The fourth-order valence-corrected chi connectivity index (χ4v) is 2.36. The molecule has 8 heteroatoms. The first kappa shape index (κ1) is 15.8. The van der Waals surface area contributed by atoms with Gasteiger partial charge in [-0.25, -0.2) is 8.42 Å². The fraction of sp³-hybridized carbons (Fsp3) is 0.875. The highest BCUT2D eigenvalue weighted by molar-refractivity contribution is 7.89. The molecule has 6 nitrogen and oxygen atoms in total. The molecule has 0 spiro atoms. The van der Waals surface area contributed by atoms with E-state index < -0.39 is 22.0 Å². The second kappa shape index (κ2) is 7.17. The smallest absolute Gasteiger partial charge is 0.235 e. The Bertz CT molecular complexity index is 320. The van der Waals surface area contributed by atoms with Gasteiger partial charge in [-0.05, 0) is 13.1 Å². The van der Waals surface area contributed by atoms with Gasteiger partial charge in [0.15, 0.2) is 0 Å². The third-order valence-corrected chi connectivity index (χ3v) is 3.01. The molecule has 2 unspecified atom stereocenters. The van der Waals surface area contributed by atoms with Crippen LogP contribution in [0.5, 0.6) is 0 Å². The molecule has 1 amide bonds. The van der Waals surface area contributed by atoms with Gasteiger partial charge in [-0.2, -0.15) is 0 Å². The van der Waals surface area contributed by atoms with Gasteiger partial charge in [-0.3, -0.25) is 9.52 Å². The molecule has 0 saturated carbocycles. The summed E-state index contributed by atoms with van der Waals surface area (Å²) in [6, 6.07) is -0.487. The first-order chi connectivity index (χ1) is 7.30. The molecule has 0 fully saturated rings. The fourth-order valence-electron chi connectivity index (χ4n) is 1.22. The summed E-state index contributed by atoms with van der Waals surface area (Å²) in [7, 11) is -3.21. The molecule has 0 heterocycles. The zero-order valence-corrected chi connectivity index (χ0v) is 11.5. The van der Waals surface area contributed by atoms with Crippen LogP contribution in [-0.4, -0.2) is 39.4 Å². The van der Waals surface area contributed by atoms with Gasteiger partial charge >= 0.3 is 0 Å². The predicted molar refractivity (Wildman–Crippen MR) is 65.0 cm³/mol. The van der Waals surface area contributed by atoms with Crippen LogP contribution < -0.4 is 10.5 Å². The van der Waals surface area contributed by atoms with Crippen LogP contribution >= 0.6 is 8.81 Å². The maximum absolute atomic E-state index is 11.3. The lowest BCUT2D eigenvalue weighted by molar-refractivity contribution is -0.120. The summed E-state index contributed by atoms with van der Waals surface area (Å²) in [6.07, 6.45) is 1.34. The van der Waals surface area contributed by atoms with Crippen LogP contribution in [0.15, 0.2) is 0 Å². The average Bonchev–Trinajstić information content (AvgIpc) is 2.10. The van der Waals surface area contributed by atoms with Gasteiger partial charge in [0.05, 0.1) is 12.4 Å². The molecule has 0 aromatic carbocycles. The van der Waals surface area contributed by atoms with Crippen molar-refractivity contribution in [1.29, 1.82) is 0 Å². The minimum absolute atomic E-state index is 0.0595. The number of carbonyl (C=O) groups excluding carboxylic acids is 1. The van der Waals surface area contributed by atoms with Crippen LogP contribution in [-0.2, 0) is 19.3 Å². The second-order valence-corrected chi connectivity index (χ2v) is 5.83. The van der Waals surface area contributed by atoms with Gasteiger partial charge in [-0.1, -0.05) is 6.92 Å². The first-order valence-corrected chi connectivity index (χ1v) is 8.18. The molecular weight excluding hydrogens is 251 g/mol. The van der Waals surface area contributed by atoms with Crippen molar-refractivity contribution in [3.05, 3.63) is 0 Å². The van der Waals surface area contributed by atoms with Gasteiger partial charge in [0.25, 0.3) is 0 Å². The average molecular weight is 270 g/mol. The molecule has 0 bridgehead atoms. The van der Waals surface area contributed by atoms with E-state index in [0.29, 0.717) is 15.2 Å². The molecule has 0 aliphatic carbocycles. The Morgan fingerprint density at radius 2 is 2.12 bits per heavy atom. The van der Waals surface area contributed by atoms with Crippen LogP contribution in [0.4, 0.5) is 0 Å². The summed E-state index contributed by atoms with van der Waals surface area (Å²) >= 11 is 0. The van der Waals surface area contributed by atoms with E-state index in [0.717, 1.165) is 6.26 Å². The predicted octanol–water partition coefficient (Wildman–Crippen LogP) is -0.202. The largest absolute Gasteiger partial charge is 0.358 e. The van der Waals surface area contributed by atoms with Gasteiger partial charge in [0, 0.05) is 21.3 Å². The van der Waals surface area contributed by atoms with E-state index >= 15 is 0 Å². The van der Waals surface area contributed by atoms with Crippen molar-refractivity contribution in [3.8, 4) is 0 Å². The van der Waals surface area contributed by atoms with E-state index in [1.165, 1.54) is 0 Å². The van der Waals surface area contributed by atoms with Crippen LogP contribution in [0.3, 0.4) is 0 Å². The van der Waals surface area contributed by atoms with Gasteiger partial charge in [0.1, 0.15) is 0 Å². The summed E-state index contributed by atoms with van der Waals surface area (Å²) in [4.78, 5) is 11.3. The third-order valence-electron chi connectivity index (χ3n) is 1.87. The molecule has 0 radical (unpaired) electrons. The lowest BCUT2D eigenvalue weighted by atomic mass is 10.1. The Kier molecular flexibility index (Phi) is 7.06. The van der Waals surface area contributed by atoms with Crippen LogP contribution in [0.25, 0.3) is 0 Å². The summed E-state index contributed by atoms with van der Waals surface area (Å²) in [5.41, 5.74) is 5.76. The van der Waals surface area contributed by atoms with E-state index in [9.17, 15) is 13.2 Å². The number of hydrogen-bond donors (Lipinski definition) is 2. The number of nitrogens with one attached hydrogen (secondary N) is 1. The number of amides is 1. The molecule has 16 heavy (non-hydrogen) atoms. The van der Waals surface area contributed by atoms with Crippen molar-refractivity contribution >= 4 is 24.7 Å². The quantitative estimate of drug-likeness (QED) is 0.624. The van der Waals surface area contributed by atoms with Gasteiger partial charge in [-0.15, -0.1) is 0 Å². The van der Waals surface area contributed by atoms with E-state index in [2.05, 4.69) is 0 Å². The molecule has 0 aromatic heterocycles. The van der Waals surface area contributed by atoms with Crippen LogP contribution in [0.1, 0.15) is 19.8 Å². The molecular formula is C8H19N2O4PS. The Hall–Kier alpha value is -0.230. The van der Waals surface area contributed by atoms with E-state index in [4.69, 9.17) is 10.3 Å². The monoisotopic (exact) mass is 270 g/mol. The normalized spacial score (nSPS) is 16.2. The number of carbonyl (C=O) groups is 1. The topological polar surface area (TPSA) is 98.5 Å². The molecule has 0 aromatic rings. The number of hydrogen-bond acceptors (Lipinski definition) is 5. The van der Waals surface area contributed by atoms with Crippen molar-refractivity contribution in [3.63, 3.8) is 0 Å². The Morgan fingerprint density at radius 1 is 1.56 bits per heavy atom. The number of sulfonamides is 1. The Morgan fingerprint density at radius 3 is 2.50 bits per heavy atom. The summed E-state index contributed by atoms with van der Waals surface area (Å²) in [6.45, 7) is 3.77. The molecule has 0 aliphatic heterocycles. The highest BCUT2D eigenvalue weighted by atomic mass is 32.2. The Labute approximate surface area is 98.2 Å². The first-order valence-electron chi connectivity index (χ1n) is 4.88. The van der Waals surface area contributed by atoms with Gasteiger partial charge in [0.2, 0.25) is 15.9 Å². The molecule has 3 N–H and O–H groups in total. The molecule has 96 valence electrons. The zero-order chi connectivity index (χ0) is 12.8. The lowest BCUT2D eigenvalue weighted by Crippen LogP contribution is -2.41. The standard InChI is InChI=1S/C8H19N2O4PS/c1-4-7(14-15-2)6(9)5-8(11)10-16(3,12)13/h6-7,15H,4-5,9H2,1-3H3,(H,10,11)/t6-,7?/m0/s1.